The molecule has 2 rings (SSSR count). The number of hydrogen-bond donors (Lipinski definition) is 2. The van der Waals surface area contributed by atoms with Gasteiger partial charge in [-0.3, -0.25) is 5.41 Å². The Balaban J connectivity index is 2.23. The summed E-state index contributed by atoms with van der Waals surface area (Å²) in [5.41, 5.74) is 7.07. The van der Waals surface area contributed by atoms with Crippen molar-refractivity contribution in [2.75, 3.05) is 11.9 Å². The van der Waals surface area contributed by atoms with Crippen molar-refractivity contribution in [3.63, 3.8) is 0 Å². The summed E-state index contributed by atoms with van der Waals surface area (Å²) in [6, 6.07) is 10.4. The average Bonchev–Trinajstić information content (AvgIpc) is 2.37. The normalized spacial score (nSPS) is 10.3. The van der Waals surface area contributed by atoms with Crippen molar-refractivity contribution in [3.05, 3.63) is 65.2 Å². The summed E-state index contributed by atoms with van der Waals surface area (Å²) in [6.45, 7) is 0.390. The van der Waals surface area contributed by atoms with Crippen molar-refractivity contribution in [1.82, 2.24) is 0 Å². The van der Waals surface area contributed by atoms with Gasteiger partial charge in [-0.1, -0.05) is 6.07 Å². The van der Waals surface area contributed by atoms with Crippen LogP contribution in [0.4, 0.5) is 14.5 Å². The molecule has 0 bridgehead atoms. The number of nitrogen functional groups attached to an aromatic ring is 1. The van der Waals surface area contributed by atoms with E-state index in [2.05, 4.69) is 0 Å². The van der Waals surface area contributed by atoms with Crippen molar-refractivity contribution in [3.8, 4) is 0 Å². The summed E-state index contributed by atoms with van der Waals surface area (Å²) < 4.78 is 26.6. The van der Waals surface area contributed by atoms with Gasteiger partial charge in [-0.15, -0.1) is 0 Å². The fraction of sp³-hybridized carbons (Fsp3) is 0.133. The average molecular weight is 275 g/mol. The van der Waals surface area contributed by atoms with Crippen LogP contribution in [0.25, 0.3) is 0 Å². The van der Waals surface area contributed by atoms with Crippen LogP contribution < -0.4 is 10.6 Å². The molecule has 0 aliphatic rings. The molecule has 0 fully saturated rings. The van der Waals surface area contributed by atoms with Crippen LogP contribution in [0.1, 0.15) is 11.1 Å². The number of hydrogen-bond acceptors (Lipinski definition) is 2. The van der Waals surface area contributed by atoms with Gasteiger partial charge < -0.3 is 10.6 Å². The third-order valence-electron chi connectivity index (χ3n) is 2.94. The highest BCUT2D eigenvalue weighted by Gasteiger charge is 2.07. The summed E-state index contributed by atoms with van der Waals surface area (Å²) in [6.07, 6.45) is 0. The molecule has 0 saturated heterocycles. The highest BCUT2D eigenvalue weighted by molar-refractivity contribution is 5.95. The fourth-order valence-corrected chi connectivity index (χ4v) is 1.98. The van der Waals surface area contributed by atoms with E-state index in [1.54, 1.807) is 30.1 Å². The van der Waals surface area contributed by atoms with Crippen LogP contribution >= 0.6 is 0 Å². The Hall–Kier alpha value is -2.43. The number of rotatable bonds is 4. The Morgan fingerprint density at radius 3 is 2.55 bits per heavy atom. The fourth-order valence-electron chi connectivity index (χ4n) is 1.98. The lowest BCUT2D eigenvalue weighted by Gasteiger charge is -2.20. The van der Waals surface area contributed by atoms with Crippen LogP contribution in [0.3, 0.4) is 0 Å². The molecule has 0 aliphatic carbocycles. The molecular formula is C15H15F2N3. The van der Waals surface area contributed by atoms with Gasteiger partial charge in [-0.05, 0) is 42.0 Å². The van der Waals surface area contributed by atoms with Crippen molar-refractivity contribution in [2.24, 2.45) is 5.73 Å². The Labute approximate surface area is 116 Å². The zero-order valence-electron chi connectivity index (χ0n) is 11.0. The minimum Gasteiger partial charge on any atom is -0.384 e. The van der Waals surface area contributed by atoms with E-state index >= 15 is 0 Å². The minimum absolute atomic E-state index is 0.181. The molecule has 0 amide bonds. The Morgan fingerprint density at radius 2 is 1.90 bits per heavy atom. The molecular weight excluding hydrogens is 260 g/mol. The van der Waals surface area contributed by atoms with E-state index in [0.717, 1.165) is 0 Å². The number of halogens is 2. The summed E-state index contributed by atoms with van der Waals surface area (Å²) >= 11 is 0. The first-order chi connectivity index (χ1) is 9.45. The third-order valence-corrected chi connectivity index (χ3v) is 2.94. The van der Waals surface area contributed by atoms with Crippen LogP contribution in [0.5, 0.6) is 0 Å². The topological polar surface area (TPSA) is 53.1 Å². The lowest BCUT2D eigenvalue weighted by atomic mass is 10.1. The van der Waals surface area contributed by atoms with Gasteiger partial charge in [0.2, 0.25) is 0 Å². The maximum Gasteiger partial charge on any atom is 0.125 e. The van der Waals surface area contributed by atoms with Gasteiger partial charge in [0, 0.05) is 24.8 Å². The molecule has 3 N–H and O–H groups in total. The predicted octanol–water partition coefficient (Wildman–Crippen LogP) is 2.89. The third kappa shape index (κ3) is 3.32. The molecule has 3 nitrogen and oxygen atoms in total. The quantitative estimate of drug-likeness (QED) is 0.666. The molecule has 0 radical (unpaired) electrons. The number of benzene rings is 2. The number of nitrogens with two attached hydrogens (primary N) is 1. The smallest absolute Gasteiger partial charge is 0.125 e. The largest absolute Gasteiger partial charge is 0.384 e. The van der Waals surface area contributed by atoms with Crippen LogP contribution in [-0.4, -0.2) is 12.9 Å². The maximum absolute atomic E-state index is 13.5. The highest BCUT2D eigenvalue weighted by Crippen LogP contribution is 2.18. The molecule has 5 heteroatoms. The Morgan fingerprint density at radius 1 is 1.15 bits per heavy atom. The highest BCUT2D eigenvalue weighted by atomic mass is 19.1. The van der Waals surface area contributed by atoms with E-state index in [-0.39, 0.29) is 11.7 Å². The molecule has 0 aliphatic heterocycles. The van der Waals surface area contributed by atoms with Crippen LogP contribution in [0.2, 0.25) is 0 Å². The summed E-state index contributed by atoms with van der Waals surface area (Å²) in [4.78, 5) is 1.79. The van der Waals surface area contributed by atoms with Gasteiger partial charge in [-0.25, -0.2) is 8.78 Å². The predicted molar refractivity (Wildman–Crippen MR) is 75.9 cm³/mol. The molecule has 0 unspecified atom stereocenters. The standard InChI is InChI=1S/C15H15F2N3/c1-20(14-4-2-3-12(16)8-14)9-10-5-11(15(18)19)7-13(17)6-10/h2-8H,9H2,1H3,(H3,18,19). The van der Waals surface area contributed by atoms with E-state index in [9.17, 15) is 8.78 Å². The lowest BCUT2D eigenvalue weighted by Crippen LogP contribution is -2.18. The van der Waals surface area contributed by atoms with Gasteiger partial charge in [0.25, 0.3) is 0 Å². The summed E-state index contributed by atoms with van der Waals surface area (Å²) in [5, 5.41) is 7.35. The van der Waals surface area contributed by atoms with Crippen molar-refractivity contribution >= 4 is 11.5 Å². The molecule has 0 aromatic heterocycles. The molecule has 2 aromatic rings. The van der Waals surface area contributed by atoms with Gasteiger partial charge in [-0.2, -0.15) is 0 Å². The molecule has 104 valence electrons. The number of anilines is 1. The van der Waals surface area contributed by atoms with Crippen LogP contribution in [0.15, 0.2) is 42.5 Å². The van der Waals surface area contributed by atoms with E-state index in [4.69, 9.17) is 11.1 Å². The van der Waals surface area contributed by atoms with E-state index < -0.39 is 5.82 Å². The molecule has 2 aromatic carbocycles. The van der Waals surface area contributed by atoms with E-state index in [0.29, 0.717) is 23.4 Å². The van der Waals surface area contributed by atoms with Crippen molar-refractivity contribution < 1.29 is 8.78 Å². The van der Waals surface area contributed by atoms with Crippen molar-refractivity contribution in [2.45, 2.75) is 6.54 Å². The first kappa shape index (κ1) is 14.0. The lowest BCUT2D eigenvalue weighted by molar-refractivity contribution is 0.623. The second kappa shape index (κ2) is 5.69. The Kier molecular flexibility index (Phi) is 3.98. The first-order valence-corrected chi connectivity index (χ1v) is 6.06. The number of amidine groups is 1. The SMILES string of the molecule is CN(Cc1cc(F)cc(C(=N)N)c1)c1cccc(F)c1. The van der Waals surface area contributed by atoms with Gasteiger partial charge in [0.15, 0.2) is 0 Å². The van der Waals surface area contributed by atoms with E-state index in [1.807, 2.05) is 0 Å². The van der Waals surface area contributed by atoms with Crippen LogP contribution in [-0.2, 0) is 6.54 Å². The molecule has 20 heavy (non-hydrogen) atoms. The Bertz CT molecular complexity index is 641. The maximum atomic E-state index is 13.5. The summed E-state index contributed by atoms with van der Waals surface area (Å²) in [7, 11) is 1.78. The molecule has 0 spiro atoms. The molecule has 0 saturated carbocycles. The first-order valence-electron chi connectivity index (χ1n) is 6.06. The van der Waals surface area contributed by atoms with Gasteiger partial charge >= 0.3 is 0 Å². The second-order valence-electron chi connectivity index (χ2n) is 4.60. The van der Waals surface area contributed by atoms with Crippen LogP contribution in [0, 0.1) is 17.0 Å². The number of nitrogens with one attached hydrogen (secondary N) is 1. The minimum atomic E-state index is -0.444. The molecule has 0 heterocycles. The second-order valence-corrected chi connectivity index (χ2v) is 4.60. The monoisotopic (exact) mass is 275 g/mol. The van der Waals surface area contributed by atoms with Gasteiger partial charge in [0.1, 0.15) is 17.5 Å². The van der Waals surface area contributed by atoms with Crippen molar-refractivity contribution in [1.29, 1.82) is 5.41 Å². The van der Waals surface area contributed by atoms with Gasteiger partial charge in [0.05, 0.1) is 0 Å². The zero-order chi connectivity index (χ0) is 14.7. The molecule has 0 atom stereocenters. The number of nitrogens with zero attached hydrogens (tertiary/aromatic N) is 1. The summed E-state index contributed by atoms with van der Waals surface area (Å²) in [5.74, 6) is -0.947. The van der Waals surface area contributed by atoms with E-state index in [1.165, 1.54) is 24.3 Å². The zero-order valence-corrected chi connectivity index (χ0v) is 11.0.